The minimum Gasteiger partial charge on any atom is -0.370 e. The predicted octanol–water partition coefficient (Wildman–Crippen LogP) is 3.45. The van der Waals surface area contributed by atoms with E-state index in [1.165, 1.54) is 12.8 Å². The molecule has 0 aromatic heterocycles. The maximum atomic E-state index is 9.09. The molecule has 3 heteroatoms. The monoisotopic (exact) mass is 234 g/mol. The Labute approximate surface area is 101 Å². The van der Waals surface area contributed by atoms with Gasteiger partial charge in [0.05, 0.1) is 11.3 Å². The summed E-state index contributed by atoms with van der Waals surface area (Å²) in [6.45, 7) is 4.34. The van der Waals surface area contributed by atoms with Crippen molar-refractivity contribution in [3.05, 3.63) is 28.8 Å². The van der Waals surface area contributed by atoms with Gasteiger partial charge >= 0.3 is 0 Å². The summed E-state index contributed by atoms with van der Waals surface area (Å²) in [4.78, 5) is 2.29. The van der Waals surface area contributed by atoms with Crippen molar-refractivity contribution in [2.45, 2.75) is 19.8 Å². The van der Waals surface area contributed by atoms with E-state index in [0.29, 0.717) is 10.6 Å². The van der Waals surface area contributed by atoms with E-state index in [0.717, 1.165) is 24.7 Å². The second kappa shape index (κ2) is 4.76. The fourth-order valence-corrected chi connectivity index (χ4v) is 2.43. The first kappa shape index (κ1) is 11.3. The van der Waals surface area contributed by atoms with Gasteiger partial charge in [0.2, 0.25) is 0 Å². The fraction of sp³-hybridized carbons (Fsp3) is 0.462. The lowest BCUT2D eigenvalue weighted by Crippen LogP contribution is -2.20. The third-order valence-electron chi connectivity index (χ3n) is 3.28. The third kappa shape index (κ3) is 2.15. The molecule has 1 aromatic carbocycles. The number of hydrogen-bond donors (Lipinski definition) is 0. The van der Waals surface area contributed by atoms with Crippen LogP contribution in [0.3, 0.4) is 0 Å². The second-order valence-electron chi connectivity index (χ2n) is 4.28. The predicted molar refractivity (Wildman–Crippen MR) is 66.8 cm³/mol. The van der Waals surface area contributed by atoms with Crippen molar-refractivity contribution in [2.75, 3.05) is 18.0 Å². The first-order valence-corrected chi connectivity index (χ1v) is 6.07. The van der Waals surface area contributed by atoms with Crippen LogP contribution >= 0.6 is 11.6 Å². The van der Waals surface area contributed by atoms with Crippen molar-refractivity contribution in [1.82, 2.24) is 0 Å². The maximum Gasteiger partial charge on any atom is 0.101 e. The molecular weight excluding hydrogens is 220 g/mol. The van der Waals surface area contributed by atoms with Crippen molar-refractivity contribution in [2.24, 2.45) is 5.92 Å². The zero-order valence-corrected chi connectivity index (χ0v) is 10.2. The number of nitrogens with zero attached hydrogens (tertiary/aromatic N) is 2. The molecule has 0 aliphatic carbocycles. The molecule has 84 valence electrons. The molecule has 1 fully saturated rings. The molecule has 1 heterocycles. The molecule has 1 aromatic rings. The highest BCUT2D eigenvalue weighted by atomic mass is 35.5. The van der Waals surface area contributed by atoms with Crippen LogP contribution in [0.4, 0.5) is 5.69 Å². The first-order valence-electron chi connectivity index (χ1n) is 5.69. The first-order chi connectivity index (χ1) is 7.74. The van der Waals surface area contributed by atoms with Crippen molar-refractivity contribution in [3.8, 4) is 6.07 Å². The van der Waals surface area contributed by atoms with Crippen LogP contribution in [0.5, 0.6) is 0 Å². The number of anilines is 1. The van der Waals surface area contributed by atoms with Crippen molar-refractivity contribution in [3.63, 3.8) is 0 Å². The van der Waals surface area contributed by atoms with Gasteiger partial charge < -0.3 is 4.90 Å². The summed E-state index contributed by atoms with van der Waals surface area (Å²) in [5.74, 6) is 0.766. The molecule has 1 unspecified atom stereocenters. The van der Waals surface area contributed by atoms with E-state index in [9.17, 15) is 0 Å². The molecule has 0 spiro atoms. The van der Waals surface area contributed by atoms with Crippen LogP contribution in [-0.4, -0.2) is 13.1 Å². The number of nitriles is 1. The largest absolute Gasteiger partial charge is 0.370 e. The Morgan fingerprint density at radius 2 is 2.38 bits per heavy atom. The van der Waals surface area contributed by atoms with Crippen LogP contribution in [-0.2, 0) is 0 Å². The molecule has 0 radical (unpaired) electrons. The molecule has 0 N–H and O–H groups in total. The Kier molecular flexibility index (Phi) is 3.36. The summed E-state index contributed by atoms with van der Waals surface area (Å²) in [5.41, 5.74) is 1.71. The lowest BCUT2D eigenvalue weighted by atomic mass is 10.1. The molecule has 2 nitrogen and oxygen atoms in total. The van der Waals surface area contributed by atoms with Crippen molar-refractivity contribution < 1.29 is 0 Å². The topological polar surface area (TPSA) is 27.0 Å². The van der Waals surface area contributed by atoms with E-state index in [1.807, 2.05) is 12.1 Å². The molecule has 16 heavy (non-hydrogen) atoms. The summed E-state index contributed by atoms with van der Waals surface area (Å²) >= 11 is 5.89. The normalized spacial score (nSPS) is 19.8. The summed E-state index contributed by atoms with van der Waals surface area (Å²) in [6, 6.07) is 7.78. The minimum atomic E-state index is 0.631. The average Bonchev–Trinajstić information content (AvgIpc) is 2.77. The Morgan fingerprint density at radius 1 is 1.56 bits per heavy atom. The van der Waals surface area contributed by atoms with E-state index >= 15 is 0 Å². The van der Waals surface area contributed by atoms with Crippen LogP contribution in [0.2, 0.25) is 5.02 Å². The molecule has 1 aliphatic rings. The van der Waals surface area contributed by atoms with Gasteiger partial charge in [0.1, 0.15) is 6.07 Å². The molecule has 1 saturated heterocycles. The summed E-state index contributed by atoms with van der Waals surface area (Å²) in [7, 11) is 0. The van der Waals surface area contributed by atoms with E-state index in [2.05, 4.69) is 17.9 Å². The van der Waals surface area contributed by atoms with Crippen molar-refractivity contribution in [1.29, 1.82) is 5.26 Å². The van der Waals surface area contributed by atoms with Crippen LogP contribution < -0.4 is 4.90 Å². The zero-order valence-electron chi connectivity index (χ0n) is 9.41. The van der Waals surface area contributed by atoms with Gasteiger partial charge in [-0.25, -0.2) is 0 Å². The Hall–Kier alpha value is -1.20. The molecule has 0 saturated carbocycles. The molecular formula is C13H15ClN2. The van der Waals surface area contributed by atoms with Crippen molar-refractivity contribution >= 4 is 17.3 Å². The maximum absolute atomic E-state index is 9.09. The Bertz CT molecular complexity index is 422. The standard InChI is InChI=1S/C13H15ClN2/c1-2-10-5-6-16(9-10)13-4-3-12(14)7-11(13)8-15/h3-4,7,10H,2,5-6,9H2,1H3. The van der Waals surface area contributed by atoms with Crippen LogP contribution in [0.1, 0.15) is 25.3 Å². The van der Waals surface area contributed by atoms with Crippen LogP contribution in [0.25, 0.3) is 0 Å². The smallest absolute Gasteiger partial charge is 0.101 e. The molecule has 0 amide bonds. The molecule has 0 bridgehead atoms. The van der Waals surface area contributed by atoms with E-state index < -0.39 is 0 Å². The molecule has 2 rings (SSSR count). The van der Waals surface area contributed by atoms with E-state index in [-0.39, 0.29) is 0 Å². The second-order valence-corrected chi connectivity index (χ2v) is 4.72. The van der Waals surface area contributed by atoms with Gasteiger partial charge in [0.25, 0.3) is 0 Å². The summed E-state index contributed by atoms with van der Waals surface area (Å²) < 4.78 is 0. The van der Waals surface area contributed by atoms with Gasteiger partial charge in [-0.15, -0.1) is 0 Å². The quantitative estimate of drug-likeness (QED) is 0.784. The van der Waals surface area contributed by atoms with E-state index in [4.69, 9.17) is 16.9 Å². The Balaban J connectivity index is 2.25. The van der Waals surface area contributed by atoms with E-state index in [1.54, 1.807) is 6.07 Å². The highest BCUT2D eigenvalue weighted by Crippen LogP contribution is 2.29. The number of benzene rings is 1. The molecule has 1 aliphatic heterocycles. The summed E-state index contributed by atoms with van der Waals surface area (Å²) in [6.07, 6.45) is 2.44. The zero-order chi connectivity index (χ0) is 11.5. The third-order valence-corrected chi connectivity index (χ3v) is 3.52. The van der Waals surface area contributed by atoms with Gasteiger partial charge in [-0.1, -0.05) is 24.9 Å². The lowest BCUT2D eigenvalue weighted by Gasteiger charge is -2.19. The van der Waals surface area contributed by atoms with Gasteiger partial charge in [0.15, 0.2) is 0 Å². The van der Waals surface area contributed by atoms with Gasteiger partial charge in [-0.2, -0.15) is 5.26 Å². The molecule has 1 atom stereocenters. The SMILES string of the molecule is CCC1CCN(c2ccc(Cl)cc2C#N)C1. The van der Waals surface area contributed by atoms with Crippen LogP contribution in [0.15, 0.2) is 18.2 Å². The fourth-order valence-electron chi connectivity index (χ4n) is 2.26. The average molecular weight is 235 g/mol. The number of rotatable bonds is 2. The van der Waals surface area contributed by atoms with Gasteiger partial charge in [-0.05, 0) is 30.5 Å². The highest BCUT2D eigenvalue weighted by molar-refractivity contribution is 6.30. The lowest BCUT2D eigenvalue weighted by molar-refractivity contribution is 0.569. The summed E-state index contributed by atoms with van der Waals surface area (Å²) in [5, 5.41) is 9.72. The van der Waals surface area contributed by atoms with Gasteiger partial charge in [0, 0.05) is 18.1 Å². The van der Waals surface area contributed by atoms with Crippen LogP contribution in [0, 0.1) is 17.2 Å². The Morgan fingerprint density at radius 3 is 3.00 bits per heavy atom. The van der Waals surface area contributed by atoms with Gasteiger partial charge in [-0.3, -0.25) is 0 Å². The number of halogens is 1. The minimum absolute atomic E-state index is 0.631. The number of hydrogen-bond acceptors (Lipinski definition) is 2. The highest BCUT2D eigenvalue weighted by Gasteiger charge is 2.22.